The Balaban J connectivity index is 2.53. The van der Waals surface area contributed by atoms with Gasteiger partial charge in [0.1, 0.15) is 0 Å². The average molecular weight is 213 g/mol. The summed E-state index contributed by atoms with van der Waals surface area (Å²) in [5, 5.41) is 9.25. The average Bonchev–Trinajstić information content (AvgIpc) is 2.62. The van der Waals surface area contributed by atoms with E-state index in [9.17, 15) is 9.90 Å². The van der Waals surface area contributed by atoms with Gasteiger partial charge in [0.05, 0.1) is 5.41 Å². The first-order valence-corrected chi connectivity index (χ1v) is 6.00. The van der Waals surface area contributed by atoms with Crippen molar-refractivity contribution in [2.45, 2.75) is 40.0 Å². The van der Waals surface area contributed by atoms with Crippen molar-refractivity contribution in [3.05, 3.63) is 0 Å². The van der Waals surface area contributed by atoms with E-state index in [0.717, 1.165) is 32.5 Å². The van der Waals surface area contributed by atoms with Gasteiger partial charge in [0.25, 0.3) is 0 Å². The van der Waals surface area contributed by atoms with E-state index in [1.807, 2.05) is 6.92 Å². The minimum atomic E-state index is -0.614. The van der Waals surface area contributed by atoms with Crippen LogP contribution < -0.4 is 0 Å². The molecular weight excluding hydrogens is 190 g/mol. The van der Waals surface area contributed by atoms with Gasteiger partial charge in [-0.15, -0.1) is 0 Å². The van der Waals surface area contributed by atoms with Crippen molar-refractivity contribution in [1.82, 2.24) is 4.90 Å². The molecule has 0 spiro atoms. The summed E-state index contributed by atoms with van der Waals surface area (Å²) >= 11 is 0. The minimum Gasteiger partial charge on any atom is -0.481 e. The second-order valence-corrected chi connectivity index (χ2v) is 4.94. The summed E-state index contributed by atoms with van der Waals surface area (Å²) < 4.78 is 0. The molecule has 0 aliphatic carbocycles. The van der Waals surface area contributed by atoms with Gasteiger partial charge in [0.15, 0.2) is 0 Å². The zero-order chi connectivity index (χ0) is 11.5. The number of carboxylic acid groups (broad SMARTS) is 1. The van der Waals surface area contributed by atoms with Gasteiger partial charge in [-0.2, -0.15) is 0 Å². The Labute approximate surface area is 92.5 Å². The van der Waals surface area contributed by atoms with Gasteiger partial charge in [0.2, 0.25) is 0 Å². The van der Waals surface area contributed by atoms with E-state index in [1.165, 1.54) is 6.42 Å². The fourth-order valence-electron chi connectivity index (χ4n) is 2.30. The summed E-state index contributed by atoms with van der Waals surface area (Å²) in [6, 6.07) is 0. The Morgan fingerprint density at radius 1 is 1.53 bits per heavy atom. The molecule has 1 fully saturated rings. The Bertz CT molecular complexity index is 230. The molecule has 1 aliphatic heterocycles. The van der Waals surface area contributed by atoms with Crippen molar-refractivity contribution in [2.24, 2.45) is 11.3 Å². The SMILES string of the molecule is CCC(C)CN1CCC(CC)(C(=O)O)C1. The smallest absolute Gasteiger partial charge is 0.310 e. The van der Waals surface area contributed by atoms with Gasteiger partial charge >= 0.3 is 5.97 Å². The van der Waals surface area contributed by atoms with Crippen molar-refractivity contribution >= 4 is 5.97 Å². The number of hydrogen-bond donors (Lipinski definition) is 1. The number of carboxylic acids is 1. The molecule has 2 unspecified atom stereocenters. The Morgan fingerprint density at radius 3 is 2.60 bits per heavy atom. The molecule has 1 saturated heterocycles. The molecule has 3 heteroatoms. The maximum Gasteiger partial charge on any atom is 0.310 e. The summed E-state index contributed by atoms with van der Waals surface area (Å²) in [4.78, 5) is 13.5. The third kappa shape index (κ3) is 2.71. The predicted molar refractivity (Wildman–Crippen MR) is 60.9 cm³/mol. The molecule has 0 aromatic heterocycles. The van der Waals surface area contributed by atoms with Crippen LogP contribution in [0.15, 0.2) is 0 Å². The van der Waals surface area contributed by atoms with E-state index < -0.39 is 11.4 Å². The number of likely N-dealkylation sites (tertiary alicyclic amines) is 1. The lowest BCUT2D eigenvalue weighted by molar-refractivity contribution is -0.148. The maximum absolute atomic E-state index is 11.2. The van der Waals surface area contributed by atoms with Gasteiger partial charge in [-0.3, -0.25) is 4.79 Å². The molecule has 0 saturated carbocycles. The number of hydrogen-bond acceptors (Lipinski definition) is 2. The number of nitrogens with zero attached hydrogens (tertiary/aromatic N) is 1. The molecule has 0 aromatic rings. The standard InChI is InChI=1S/C12H23NO2/c1-4-10(3)8-13-7-6-12(5-2,9-13)11(14)15/h10H,4-9H2,1-3H3,(H,14,15). The van der Waals surface area contributed by atoms with E-state index >= 15 is 0 Å². The second-order valence-electron chi connectivity index (χ2n) is 4.94. The molecule has 0 bridgehead atoms. The number of carbonyl (C=O) groups is 1. The Morgan fingerprint density at radius 2 is 2.20 bits per heavy atom. The zero-order valence-corrected chi connectivity index (χ0v) is 10.1. The first kappa shape index (κ1) is 12.5. The normalized spacial score (nSPS) is 29.3. The molecule has 0 aromatic carbocycles. The van der Waals surface area contributed by atoms with Crippen LogP contribution in [-0.2, 0) is 4.79 Å². The summed E-state index contributed by atoms with van der Waals surface area (Å²) in [5.74, 6) is 0.0584. The lowest BCUT2D eigenvalue weighted by atomic mass is 9.84. The van der Waals surface area contributed by atoms with E-state index in [2.05, 4.69) is 18.7 Å². The Kier molecular flexibility index (Phi) is 4.14. The van der Waals surface area contributed by atoms with Gasteiger partial charge in [-0.25, -0.2) is 0 Å². The van der Waals surface area contributed by atoms with Crippen molar-refractivity contribution in [1.29, 1.82) is 0 Å². The molecule has 1 heterocycles. The van der Waals surface area contributed by atoms with Crippen molar-refractivity contribution < 1.29 is 9.90 Å². The highest BCUT2D eigenvalue weighted by molar-refractivity contribution is 5.75. The van der Waals surface area contributed by atoms with E-state index in [0.29, 0.717) is 5.92 Å². The highest BCUT2D eigenvalue weighted by Gasteiger charge is 2.43. The molecule has 15 heavy (non-hydrogen) atoms. The minimum absolute atomic E-state index is 0.465. The van der Waals surface area contributed by atoms with Crippen molar-refractivity contribution in [3.8, 4) is 0 Å². The lowest BCUT2D eigenvalue weighted by Crippen LogP contribution is -2.35. The topological polar surface area (TPSA) is 40.5 Å². The maximum atomic E-state index is 11.2. The largest absolute Gasteiger partial charge is 0.481 e. The van der Waals surface area contributed by atoms with Gasteiger partial charge in [-0.05, 0) is 25.3 Å². The van der Waals surface area contributed by atoms with Crippen LogP contribution in [0.3, 0.4) is 0 Å². The van der Waals surface area contributed by atoms with E-state index in [4.69, 9.17) is 0 Å². The molecule has 1 aliphatic rings. The summed E-state index contributed by atoms with van der Waals surface area (Å²) in [7, 11) is 0. The molecule has 88 valence electrons. The van der Waals surface area contributed by atoms with Crippen LogP contribution in [0.25, 0.3) is 0 Å². The lowest BCUT2D eigenvalue weighted by Gasteiger charge is -2.24. The molecule has 1 N–H and O–H groups in total. The predicted octanol–water partition coefficient (Wildman–Crippen LogP) is 2.22. The van der Waals surface area contributed by atoms with Crippen LogP contribution in [0.1, 0.15) is 40.0 Å². The molecule has 0 amide bonds. The third-order valence-electron chi connectivity index (χ3n) is 3.83. The van der Waals surface area contributed by atoms with Crippen molar-refractivity contribution in [3.63, 3.8) is 0 Å². The molecule has 2 atom stereocenters. The van der Waals surface area contributed by atoms with Crippen LogP contribution >= 0.6 is 0 Å². The zero-order valence-electron chi connectivity index (χ0n) is 10.1. The molecule has 0 radical (unpaired) electrons. The quantitative estimate of drug-likeness (QED) is 0.761. The van der Waals surface area contributed by atoms with Crippen molar-refractivity contribution in [2.75, 3.05) is 19.6 Å². The van der Waals surface area contributed by atoms with Crippen LogP contribution in [0.4, 0.5) is 0 Å². The number of aliphatic carboxylic acids is 1. The molecular formula is C12H23NO2. The molecule has 3 nitrogen and oxygen atoms in total. The third-order valence-corrected chi connectivity index (χ3v) is 3.83. The number of rotatable bonds is 5. The van der Waals surface area contributed by atoms with E-state index in [1.54, 1.807) is 0 Å². The van der Waals surface area contributed by atoms with E-state index in [-0.39, 0.29) is 0 Å². The highest BCUT2D eigenvalue weighted by Crippen LogP contribution is 2.34. The first-order valence-electron chi connectivity index (χ1n) is 6.00. The molecule has 1 rings (SSSR count). The van der Waals surface area contributed by atoms with Gasteiger partial charge in [-0.1, -0.05) is 27.2 Å². The monoisotopic (exact) mass is 213 g/mol. The fourth-order valence-corrected chi connectivity index (χ4v) is 2.30. The summed E-state index contributed by atoms with van der Waals surface area (Å²) in [6.45, 7) is 9.14. The van der Waals surface area contributed by atoms with Gasteiger partial charge in [0, 0.05) is 13.1 Å². The first-order chi connectivity index (χ1) is 7.04. The van der Waals surface area contributed by atoms with Crippen LogP contribution in [0.5, 0.6) is 0 Å². The van der Waals surface area contributed by atoms with Crippen LogP contribution in [0.2, 0.25) is 0 Å². The highest BCUT2D eigenvalue weighted by atomic mass is 16.4. The van der Waals surface area contributed by atoms with Crippen LogP contribution in [-0.4, -0.2) is 35.6 Å². The van der Waals surface area contributed by atoms with Crippen LogP contribution in [0, 0.1) is 11.3 Å². The summed E-state index contributed by atoms with van der Waals surface area (Å²) in [5.41, 5.74) is -0.465. The fraction of sp³-hybridized carbons (Fsp3) is 0.917. The summed E-state index contributed by atoms with van der Waals surface area (Å²) in [6.07, 6.45) is 2.73. The second kappa shape index (κ2) is 4.97. The van der Waals surface area contributed by atoms with Gasteiger partial charge < -0.3 is 10.0 Å². The Hall–Kier alpha value is -0.570.